The summed E-state index contributed by atoms with van der Waals surface area (Å²) in [5.74, 6) is 0.937. The summed E-state index contributed by atoms with van der Waals surface area (Å²) in [7, 11) is 1.78. The highest BCUT2D eigenvalue weighted by Gasteiger charge is 2.45. The van der Waals surface area contributed by atoms with Crippen molar-refractivity contribution in [3.8, 4) is 5.75 Å². The molecule has 172 valence electrons. The zero-order valence-corrected chi connectivity index (χ0v) is 20.9. The number of para-hydroxylation sites is 1. The van der Waals surface area contributed by atoms with Gasteiger partial charge in [-0.15, -0.1) is 0 Å². The van der Waals surface area contributed by atoms with Gasteiger partial charge in [0, 0.05) is 54.5 Å². The molecule has 1 aliphatic rings. The summed E-state index contributed by atoms with van der Waals surface area (Å²) in [6.07, 6.45) is 9.05. The molecule has 2 aromatic rings. The molecule has 0 aromatic heterocycles. The van der Waals surface area contributed by atoms with E-state index in [0.29, 0.717) is 0 Å². The molecule has 0 saturated heterocycles. The first kappa shape index (κ1) is 24.1. The highest BCUT2D eigenvalue weighted by molar-refractivity contribution is 6.05. The van der Waals surface area contributed by atoms with Crippen LogP contribution in [0.15, 0.2) is 48.5 Å². The number of anilines is 1. The Balaban J connectivity index is 2.01. The number of rotatable bonds is 11. The number of nitrogens with zero attached hydrogens (tertiary/aromatic N) is 2. The lowest BCUT2D eigenvalue weighted by Crippen LogP contribution is -2.30. The third-order valence-corrected chi connectivity index (χ3v) is 6.79. The van der Waals surface area contributed by atoms with E-state index in [2.05, 4.69) is 98.7 Å². The monoisotopic (exact) mass is 433 g/mol. The van der Waals surface area contributed by atoms with Gasteiger partial charge in [-0.1, -0.05) is 45.9 Å². The topological polar surface area (TPSA) is 15.5 Å². The number of allylic oxidation sites excluding steroid dienone is 1. The number of hydrogen-bond donors (Lipinski definition) is 0. The van der Waals surface area contributed by atoms with Gasteiger partial charge >= 0.3 is 0 Å². The zero-order chi connectivity index (χ0) is 23.1. The van der Waals surface area contributed by atoms with Crippen molar-refractivity contribution >= 4 is 23.2 Å². The highest BCUT2D eigenvalue weighted by atomic mass is 16.5. The Hall–Kier alpha value is -2.55. The summed E-state index contributed by atoms with van der Waals surface area (Å²) in [5, 5.41) is 0. The summed E-state index contributed by atoms with van der Waals surface area (Å²) >= 11 is 0. The van der Waals surface area contributed by atoms with Gasteiger partial charge in [0.15, 0.2) is 5.71 Å². The van der Waals surface area contributed by atoms with E-state index in [1.165, 1.54) is 22.6 Å². The maximum Gasteiger partial charge on any atom is 0.209 e. The minimum absolute atomic E-state index is 0.0223. The Morgan fingerprint density at radius 1 is 0.938 bits per heavy atom. The van der Waals surface area contributed by atoms with E-state index >= 15 is 0 Å². The molecule has 0 aliphatic carbocycles. The minimum Gasteiger partial charge on any atom is -0.496 e. The van der Waals surface area contributed by atoms with E-state index in [4.69, 9.17) is 4.74 Å². The van der Waals surface area contributed by atoms with Gasteiger partial charge in [0.2, 0.25) is 5.69 Å². The summed E-state index contributed by atoms with van der Waals surface area (Å²) in [5.41, 5.74) is 6.57. The van der Waals surface area contributed by atoms with Crippen LogP contribution in [0.3, 0.4) is 0 Å². The van der Waals surface area contributed by atoms with Crippen molar-refractivity contribution in [1.82, 2.24) is 0 Å². The lowest BCUT2D eigenvalue weighted by molar-refractivity contribution is -0.437. The molecule has 1 atom stereocenters. The highest BCUT2D eigenvalue weighted by Crippen LogP contribution is 2.42. The quantitative estimate of drug-likeness (QED) is 0.348. The van der Waals surface area contributed by atoms with Crippen molar-refractivity contribution < 1.29 is 9.31 Å². The van der Waals surface area contributed by atoms with Gasteiger partial charge in [0.25, 0.3) is 0 Å². The van der Waals surface area contributed by atoms with Crippen molar-refractivity contribution in [2.45, 2.75) is 65.7 Å². The molecule has 3 rings (SSSR count). The fraction of sp³-hybridized carbons (Fsp3) is 0.483. The van der Waals surface area contributed by atoms with E-state index in [1.54, 1.807) is 7.11 Å². The van der Waals surface area contributed by atoms with E-state index in [-0.39, 0.29) is 5.41 Å². The number of hydrogen-bond acceptors (Lipinski definition) is 2. The molecule has 0 fully saturated rings. The summed E-state index contributed by atoms with van der Waals surface area (Å²) in [6.45, 7) is 14.6. The van der Waals surface area contributed by atoms with Gasteiger partial charge in [-0.25, -0.2) is 0 Å². The Morgan fingerprint density at radius 3 is 2.28 bits per heavy atom. The van der Waals surface area contributed by atoms with Crippen LogP contribution >= 0.6 is 0 Å². The van der Waals surface area contributed by atoms with Crippen molar-refractivity contribution in [3.63, 3.8) is 0 Å². The van der Waals surface area contributed by atoms with Gasteiger partial charge in [0.1, 0.15) is 12.3 Å². The largest absolute Gasteiger partial charge is 0.496 e. The van der Waals surface area contributed by atoms with Gasteiger partial charge in [-0.2, -0.15) is 4.58 Å². The van der Waals surface area contributed by atoms with Crippen molar-refractivity contribution in [1.29, 1.82) is 0 Å². The van der Waals surface area contributed by atoms with Crippen molar-refractivity contribution in [2.24, 2.45) is 0 Å². The first-order valence-corrected chi connectivity index (χ1v) is 12.4. The van der Waals surface area contributed by atoms with E-state index < -0.39 is 0 Å². The number of methoxy groups -OCH3 is 1. The molecule has 0 saturated carbocycles. The molecule has 0 N–H and O–H groups in total. The average Bonchev–Trinajstić information content (AvgIpc) is 3.06. The molecule has 3 heteroatoms. The Bertz CT molecular complexity index is 969. The predicted molar refractivity (Wildman–Crippen MR) is 139 cm³/mol. The molecule has 1 heterocycles. The fourth-order valence-corrected chi connectivity index (χ4v) is 4.96. The first-order valence-electron chi connectivity index (χ1n) is 12.4. The van der Waals surface area contributed by atoms with Crippen LogP contribution in [-0.4, -0.2) is 37.0 Å². The normalized spacial score (nSPS) is 17.8. The van der Waals surface area contributed by atoms with Gasteiger partial charge in [-0.3, -0.25) is 0 Å². The number of benzene rings is 2. The Kier molecular flexibility index (Phi) is 8.17. The Morgan fingerprint density at radius 2 is 1.66 bits per heavy atom. The second kappa shape index (κ2) is 10.8. The van der Waals surface area contributed by atoms with Gasteiger partial charge in [0.05, 0.1) is 12.5 Å². The molecule has 3 nitrogen and oxygen atoms in total. The van der Waals surface area contributed by atoms with Crippen molar-refractivity contribution in [2.75, 3.05) is 31.6 Å². The molecule has 0 bridgehead atoms. The predicted octanol–water partition coefficient (Wildman–Crippen LogP) is 7.21. The molecule has 1 aliphatic heterocycles. The average molecular weight is 434 g/mol. The second-order valence-electron chi connectivity index (χ2n) is 8.99. The van der Waals surface area contributed by atoms with E-state index in [9.17, 15) is 0 Å². The third-order valence-electron chi connectivity index (χ3n) is 6.79. The maximum absolute atomic E-state index is 5.82. The molecule has 0 spiro atoms. The van der Waals surface area contributed by atoms with Crippen LogP contribution < -0.4 is 9.64 Å². The van der Waals surface area contributed by atoms with Crippen LogP contribution in [0.4, 0.5) is 11.4 Å². The SMILES string of the molecule is CCCN(CCC)c1ccc(/C=C/C2=[N+](CCC)c3ccccc3C2(C)CC)c(OC)c1. The van der Waals surface area contributed by atoms with E-state index in [1.807, 2.05) is 0 Å². The second-order valence-corrected chi connectivity index (χ2v) is 8.99. The van der Waals surface area contributed by atoms with Crippen LogP contribution in [0.2, 0.25) is 0 Å². The molecule has 1 unspecified atom stereocenters. The molecule has 2 aromatic carbocycles. The third kappa shape index (κ3) is 4.62. The summed E-state index contributed by atoms with van der Waals surface area (Å²) in [6, 6.07) is 15.5. The zero-order valence-electron chi connectivity index (χ0n) is 20.9. The molecule has 0 radical (unpaired) electrons. The smallest absolute Gasteiger partial charge is 0.209 e. The molecule has 0 amide bonds. The van der Waals surface area contributed by atoms with Crippen LogP contribution in [0.5, 0.6) is 5.75 Å². The number of ether oxygens (including phenoxy) is 1. The first-order chi connectivity index (χ1) is 15.5. The van der Waals surface area contributed by atoms with E-state index in [0.717, 1.165) is 56.6 Å². The fourth-order valence-electron chi connectivity index (χ4n) is 4.96. The lowest BCUT2D eigenvalue weighted by atomic mass is 9.77. The minimum atomic E-state index is 0.0223. The number of fused-ring (bicyclic) bond motifs is 1. The lowest BCUT2D eigenvalue weighted by Gasteiger charge is -2.24. The van der Waals surface area contributed by atoms with Gasteiger partial charge < -0.3 is 9.64 Å². The molecular weight excluding hydrogens is 392 g/mol. The molecular formula is C29H41N2O+. The Labute approximate surface area is 195 Å². The standard InChI is InChI=1S/C29H41N2O/c1-7-19-30(20-8-2)24-17-15-23(27(22-24)32-6)16-18-28-29(5,10-4)25-13-11-12-14-26(25)31(28)21-9-3/h11-18,22H,7-10,19-21H2,1-6H3/q+1. The molecule has 32 heavy (non-hydrogen) atoms. The van der Waals surface area contributed by atoms with Crippen LogP contribution in [0.1, 0.15) is 71.4 Å². The van der Waals surface area contributed by atoms with Crippen LogP contribution in [0.25, 0.3) is 6.08 Å². The van der Waals surface area contributed by atoms with Crippen molar-refractivity contribution in [3.05, 3.63) is 59.7 Å². The van der Waals surface area contributed by atoms with Gasteiger partial charge in [-0.05, 0) is 44.4 Å². The summed E-state index contributed by atoms with van der Waals surface area (Å²) in [4.78, 5) is 2.45. The van der Waals surface area contributed by atoms with Crippen LogP contribution in [0, 0.1) is 0 Å². The van der Waals surface area contributed by atoms with Crippen LogP contribution in [-0.2, 0) is 5.41 Å². The maximum atomic E-state index is 5.82. The summed E-state index contributed by atoms with van der Waals surface area (Å²) < 4.78 is 8.34.